The number of nitrogens with one attached hydrogen (secondary N) is 1. The molecule has 7 nitrogen and oxygen atoms in total. The Morgan fingerprint density at radius 1 is 1.45 bits per heavy atom. The number of carbonyl (C=O) groups excluding carboxylic acids is 1. The zero-order chi connectivity index (χ0) is 16.5. The highest BCUT2D eigenvalue weighted by atomic mass is 19.4. The molecule has 0 aromatic carbocycles. The minimum absolute atomic E-state index is 0.0143. The molecule has 0 bridgehead atoms. The maximum absolute atomic E-state index is 12.8. The normalized spacial score (nSPS) is 16.0. The van der Waals surface area contributed by atoms with E-state index in [0.29, 0.717) is 0 Å². The summed E-state index contributed by atoms with van der Waals surface area (Å²) in [5, 5.41) is 16.7. The van der Waals surface area contributed by atoms with Gasteiger partial charge < -0.3 is 5.32 Å². The Morgan fingerprint density at radius 3 is 2.50 bits per heavy atom. The minimum Gasteiger partial charge on any atom is -0.352 e. The molecule has 1 aliphatic carbocycles. The number of nitrogens with zero attached hydrogens (tertiary/aromatic N) is 3. The van der Waals surface area contributed by atoms with Crippen LogP contribution in [0.3, 0.4) is 0 Å². The van der Waals surface area contributed by atoms with Crippen molar-refractivity contribution >= 4 is 11.6 Å². The van der Waals surface area contributed by atoms with Crippen LogP contribution in [-0.2, 0) is 17.5 Å². The van der Waals surface area contributed by atoms with E-state index in [4.69, 9.17) is 0 Å². The van der Waals surface area contributed by atoms with E-state index in [1.165, 1.54) is 0 Å². The fourth-order valence-electron chi connectivity index (χ4n) is 2.58. The molecular weight excluding hydrogens is 305 g/mol. The Balaban J connectivity index is 2.20. The lowest BCUT2D eigenvalue weighted by Gasteiger charge is -2.12. The van der Waals surface area contributed by atoms with Gasteiger partial charge in [0.2, 0.25) is 11.6 Å². The molecule has 10 heteroatoms. The molecule has 0 spiro atoms. The van der Waals surface area contributed by atoms with Crippen LogP contribution < -0.4 is 5.32 Å². The lowest BCUT2D eigenvalue weighted by atomic mass is 10.2. The summed E-state index contributed by atoms with van der Waals surface area (Å²) in [6.07, 6.45) is -1.29. The molecule has 0 saturated heterocycles. The second kappa shape index (κ2) is 5.93. The van der Waals surface area contributed by atoms with Gasteiger partial charge in [0.15, 0.2) is 0 Å². The van der Waals surface area contributed by atoms with Crippen LogP contribution in [0.5, 0.6) is 0 Å². The first-order chi connectivity index (χ1) is 10.2. The number of hydrogen-bond acceptors (Lipinski definition) is 4. The monoisotopic (exact) mass is 320 g/mol. The van der Waals surface area contributed by atoms with Crippen LogP contribution in [0.25, 0.3) is 0 Å². The summed E-state index contributed by atoms with van der Waals surface area (Å²) < 4.78 is 39.1. The van der Waals surface area contributed by atoms with E-state index in [1.807, 2.05) is 0 Å². The largest absolute Gasteiger partial charge is 0.442 e. The van der Waals surface area contributed by atoms with E-state index in [1.54, 1.807) is 0 Å². The molecule has 1 amide bonds. The standard InChI is InChI=1S/C12H15F3N4O3/c1-7-10(19(21)22)11(12(13,14)15)17-18(7)6-9(20)16-8-4-2-3-5-8/h8H,2-6H2,1H3,(H,16,20). The molecule has 0 unspecified atom stereocenters. The number of aromatic nitrogens is 2. The zero-order valence-corrected chi connectivity index (χ0v) is 11.8. The number of halogens is 3. The van der Waals surface area contributed by atoms with Gasteiger partial charge in [-0.3, -0.25) is 19.6 Å². The van der Waals surface area contributed by atoms with Gasteiger partial charge in [0.25, 0.3) is 0 Å². The summed E-state index contributed by atoms with van der Waals surface area (Å²) in [6.45, 7) is 0.669. The van der Waals surface area contributed by atoms with Gasteiger partial charge in [0, 0.05) is 6.04 Å². The fraction of sp³-hybridized carbons (Fsp3) is 0.667. The SMILES string of the molecule is Cc1c([N+](=O)[O-])c(C(F)(F)F)nn1CC(=O)NC1CCCC1. The predicted octanol–water partition coefficient (Wildman–Crippen LogP) is 2.18. The average molecular weight is 320 g/mol. The maximum Gasteiger partial charge on any atom is 0.442 e. The highest BCUT2D eigenvalue weighted by Crippen LogP contribution is 2.36. The van der Waals surface area contributed by atoms with Crippen molar-refractivity contribution in [2.75, 3.05) is 0 Å². The topological polar surface area (TPSA) is 90.1 Å². The van der Waals surface area contributed by atoms with Crippen molar-refractivity contribution < 1.29 is 22.9 Å². The lowest BCUT2D eigenvalue weighted by molar-refractivity contribution is -0.388. The van der Waals surface area contributed by atoms with E-state index in [0.717, 1.165) is 37.3 Å². The van der Waals surface area contributed by atoms with Gasteiger partial charge in [-0.05, 0) is 19.8 Å². The van der Waals surface area contributed by atoms with Crippen LogP contribution in [-0.4, -0.2) is 26.7 Å². The van der Waals surface area contributed by atoms with Crippen molar-refractivity contribution in [1.29, 1.82) is 0 Å². The van der Waals surface area contributed by atoms with Gasteiger partial charge in [0.1, 0.15) is 12.2 Å². The second-order valence-electron chi connectivity index (χ2n) is 5.24. The Bertz CT molecular complexity index is 591. The van der Waals surface area contributed by atoms with E-state index < -0.39 is 34.9 Å². The van der Waals surface area contributed by atoms with Crippen molar-refractivity contribution in [1.82, 2.24) is 15.1 Å². The number of amides is 1. The summed E-state index contributed by atoms with van der Waals surface area (Å²) >= 11 is 0. The summed E-state index contributed by atoms with van der Waals surface area (Å²) in [5.74, 6) is -0.499. The van der Waals surface area contributed by atoms with Gasteiger partial charge in [-0.15, -0.1) is 0 Å². The molecule has 1 fully saturated rings. The highest BCUT2D eigenvalue weighted by Gasteiger charge is 2.44. The summed E-state index contributed by atoms with van der Waals surface area (Å²) in [5.41, 5.74) is -2.98. The van der Waals surface area contributed by atoms with Crippen molar-refractivity contribution in [2.45, 2.75) is 51.4 Å². The van der Waals surface area contributed by atoms with Gasteiger partial charge in [-0.2, -0.15) is 18.3 Å². The molecule has 1 heterocycles. The smallest absolute Gasteiger partial charge is 0.352 e. The molecule has 22 heavy (non-hydrogen) atoms. The molecule has 0 atom stereocenters. The van der Waals surface area contributed by atoms with Crippen LogP contribution in [0, 0.1) is 17.0 Å². The first-order valence-corrected chi connectivity index (χ1v) is 6.78. The molecule has 0 radical (unpaired) electrons. The minimum atomic E-state index is -4.94. The molecule has 1 aliphatic rings. The quantitative estimate of drug-likeness (QED) is 0.680. The molecule has 122 valence electrons. The molecule has 2 rings (SSSR count). The highest BCUT2D eigenvalue weighted by molar-refractivity contribution is 5.76. The third-order valence-corrected chi connectivity index (χ3v) is 3.64. The molecule has 1 aromatic rings. The number of hydrogen-bond donors (Lipinski definition) is 1. The Labute approximate surface area is 123 Å². The summed E-state index contributed by atoms with van der Waals surface area (Å²) in [7, 11) is 0. The van der Waals surface area contributed by atoms with Crippen LogP contribution in [0.1, 0.15) is 37.1 Å². The van der Waals surface area contributed by atoms with E-state index >= 15 is 0 Å². The average Bonchev–Trinajstić information content (AvgIpc) is 2.97. The van der Waals surface area contributed by atoms with Crippen LogP contribution in [0.2, 0.25) is 0 Å². The van der Waals surface area contributed by atoms with Crippen molar-refractivity contribution in [3.63, 3.8) is 0 Å². The third-order valence-electron chi connectivity index (χ3n) is 3.64. The summed E-state index contributed by atoms with van der Waals surface area (Å²) in [6, 6.07) is 0.0143. The van der Waals surface area contributed by atoms with Crippen LogP contribution in [0.15, 0.2) is 0 Å². The fourth-order valence-corrected chi connectivity index (χ4v) is 2.58. The number of alkyl halides is 3. The van der Waals surface area contributed by atoms with E-state index in [-0.39, 0.29) is 11.7 Å². The zero-order valence-electron chi connectivity index (χ0n) is 11.8. The van der Waals surface area contributed by atoms with Gasteiger partial charge in [-0.25, -0.2) is 0 Å². The van der Waals surface area contributed by atoms with Gasteiger partial charge >= 0.3 is 11.9 Å². The van der Waals surface area contributed by atoms with Crippen molar-refractivity contribution in [3.8, 4) is 0 Å². The molecule has 1 aromatic heterocycles. The summed E-state index contributed by atoms with van der Waals surface area (Å²) in [4.78, 5) is 21.5. The Morgan fingerprint density at radius 2 is 2.05 bits per heavy atom. The van der Waals surface area contributed by atoms with Crippen molar-refractivity contribution in [2.24, 2.45) is 0 Å². The predicted molar refractivity (Wildman–Crippen MR) is 69.0 cm³/mol. The van der Waals surface area contributed by atoms with E-state index in [9.17, 15) is 28.1 Å². The van der Waals surface area contributed by atoms with Crippen LogP contribution >= 0.6 is 0 Å². The number of nitro groups is 1. The number of carbonyl (C=O) groups is 1. The van der Waals surface area contributed by atoms with Gasteiger partial charge in [-0.1, -0.05) is 12.8 Å². The third kappa shape index (κ3) is 3.37. The molecule has 0 aliphatic heterocycles. The lowest BCUT2D eigenvalue weighted by Crippen LogP contribution is -2.35. The first kappa shape index (κ1) is 16.2. The molecule has 1 N–H and O–H groups in total. The van der Waals surface area contributed by atoms with Gasteiger partial charge in [0.05, 0.1) is 4.92 Å². The Hall–Kier alpha value is -2.13. The second-order valence-corrected chi connectivity index (χ2v) is 5.24. The van der Waals surface area contributed by atoms with E-state index in [2.05, 4.69) is 10.4 Å². The first-order valence-electron chi connectivity index (χ1n) is 6.78. The van der Waals surface area contributed by atoms with Crippen LogP contribution in [0.4, 0.5) is 18.9 Å². The van der Waals surface area contributed by atoms with Crippen molar-refractivity contribution in [3.05, 3.63) is 21.5 Å². The number of rotatable bonds is 4. The molecular formula is C12H15F3N4O3. The molecule has 1 saturated carbocycles. The Kier molecular flexibility index (Phi) is 4.38. The maximum atomic E-state index is 12.8.